The fourth-order valence-corrected chi connectivity index (χ4v) is 1.19. The van der Waals surface area contributed by atoms with Gasteiger partial charge in [-0.1, -0.05) is 45.1 Å². The van der Waals surface area contributed by atoms with E-state index in [4.69, 9.17) is 0 Å². The van der Waals surface area contributed by atoms with Gasteiger partial charge in [0.1, 0.15) is 6.29 Å². The van der Waals surface area contributed by atoms with Gasteiger partial charge in [-0.2, -0.15) is 0 Å². The Morgan fingerprint density at radius 2 is 1.62 bits per heavy atom. The van der Waals surface area contributed by atoms with E-state index in [1.54, 1.807) is 6.08 Å². The van der Waals surface area contributed by atoms with Gasteiger partial charge in [0.05, 0.1) is 0 Å². The minimum atomic E-state index is 0. The summed E-state index contributed by atoms with van der Waals surface area (Å²) in [6.45, 7) is 2.23. The zero-order valence-electron chi connectivity index (χ0n) is 8.50. The average molecular weight is 296 g/mol. The van der Waals surface area contributed by atoms with Crippen LogP contribution >= 0.6 is 24.0 Å². The Morgan fingerprint density at radius 1 is 1.00 bits per heavy atom. The molecule has 0 saturated carbocycles. The number of hydrogen-bond donors (Lipinski definition) is 0. The molecule has 0 fully saturated rings. The average Bonchev–Trinajstić information content (AvgIpc) is 2.10. The van der Waals surface area contributed by atoms with Gasteiger partial charge in [0.2, 0.25) is 0 Å². The summed E-state index contributed by atoms with van der Waals surface area (Å²) >= 11 is 0. The van der Waals surface area contributed by atoms with Crippen molar-refractivity contribution in [2.75, 3.05) is 0 Å². The maximum Gasteiger partial charge on any atom is 0.142 e. The van der Waals surface area contributed by atoms with E-state index in [0.717, 1.165) is 12.7 Å². The predicted molar refractivity (Wildman–Crippen MR) is 68.6 cm³/mol. The zero-order chi connectivity index (χ0) is 9.07. The Labute approximate surface area is 99.0 Å². The molecule has 0 aliphatic carbocycles. The molecular formula is C11H21IO. The van der Waals surface area contributed by atoms with Crippen LogP contribution in [0.15, 0.2) is 12.2 Å². The van der Waals surface area contributed by atoms with Crippen LogP contribution in [-0.4, -0.2) is 6.29 Å². The van der Waals surface area contributed by atoms with Crippen LogP contribution in [0.5, 0.6) is 0 Å². The normalized spacial score (nSPS) is 9.92. The van der Waals surface area contributed by atoms with Crippen molar-refractivity contribution in [3.63, 3.8) is 0 Å². The molecule has 0 heterocycles. The Kier molecular flexibility index (Phi) is 17.6. The van der Waals surface area contributed by atoms with E-state index in [1.807, 2.05) is 6.08 Å². The molecule has 0 unspecified atom stereocenters. The predicted octanol–water partition coefficient (Wildman–Crippen LogP) is 4.11. The monoisotopic (exact) mass is 296 g/mol. The van der Waals surface area contributed by atoms with Gasteiger partial charge in [-0.3, -0.25) is 4.79 Å². The molecule has 0 aliphatic heterocycles. The lowest BCUT2D eigenvalue weighted by atomic mass is 10.1. The third-order valence-corrected chi connectivity index (χ3v) is 1.94. The quantitative estimate of drug-likeness (QED) is 0.285. The second-order valence-corrected chi connectivity index (χ2v) is 3.12. The third-order valence-electron chi connectivity index (χ3n) is 1.94. The maximum absolute atomic E-state index is 9.89. The lowest BCUT2D eigenvalue weighted by Crippen LogP contribution is -1.77. The Hall–Kier alpha value is 0.140. The summed E-state index contributed by atoms with van der Waals surface area (Å²) in [6.07, 6.45) is 13.4. The lowest BCUT2D eigenvalue weighted by molar-refractivity contribution is -0.104. The van der Waals surface area contributed by atoms with Crippen LogP contribution in [0.1, 0.15) is 51.9 Å². The number of allylic oxidation sites excluding steroid dienone is 2. The van der Waals surface area contributed by atoms with E-state index < -0.39 is 0 Å². The number of rotatable bonds is 8. The highest BCUT2D eigenvalue weighted by Gasteiger charge is 1.87. The minimum Gasteiger partial charge on any atom is -0.299 e. The number of halogens is 1. The number of carbonyl (C=O) groups excluding carboxylic acids is 1. The zero-order valence-corrected chi connectivity index (χ0v) is 10.8. The van der Waals surface area contributed by atoms with Crippen molar-refractivity contribution in [1.82, 2.24) is 0 Å². The fraction of sp³-hybridized carbons (Fsp3) is 0.727. The van der Waals surface area contributed by atoms with Crippen molar-refractivity contribution in [2.45, 2.75) is 51.9 Å². The summed E-state index contributed by atoms with van der Waals surface area (Å²) in [5.74, 6) is 0. The lowest BCUT2D eigenvalue weighted by Gasteiger charge is -1.96. The molecule has 0 aromatic heterocycles. The van der Waals surface area contributed by atoms with Crippen molar-refractivity contribution in [2.24, 2.45) is 0 Å². The van der Waals surface area contributed by atoms with Crippen molar-refractivity contribution in [3.05, 3.63) is 12.2 Å². The van der Waals surface area contributed by atoms with Crippen LogP contribution in [0.25, 0.3) is 0 Å². The highest BCUT2D eigenvalue weighted by molar-refractivity contribution is 14.0. The molecule has 0 saturated heterocycles. The maximum atomic E-state index is 9.89. The van der Waals surface area contributed by atoms with Crippen LogP contribution in [0.4, 0.5) is 0 Å². The topological polar surface area (TPSA) is 17.1 Å². The van der Waals surface area contributed by atoms with Crippen LogP contribution < -0.4 is 0 Å². The van der Waals surface area contributed by atoms with E-state index in [0.29, 0.717) is 0 Å². The molecule has 0 N–H and O–H groups in total. The first kappa shape index (κ1) is 15.6. The second kappa shape index (κ2) is 14.7. The molecule has 0 rings (SSSR count). The third kappa shape index (κ3) is 14.9. The van der Waals surface area contributed by atoms with Crippen molar-refractivity contribution in [1.29, 1.82) is 0 Å². The largest absolute Gasteiger partial charge is 0.299 e. The Balaban J connectivity index is 0. The number of hydrogen-bond acceptors (Lipinski definition) is 1. The minimum absolute atomic E-state index is 0. The first-order chi connectivity index (χ1) is 5.91. The van der Waals surface area contributed by atoms with E-state index in [1.165, 1.54) is 38.5 Å². The van der Waals surface area contributed by atoms with Crippen molar-refractivity contribution >= 4 is 30.3 Å². The first-order valence-electron chi connectivity index (χ1n) is 5.02. The highest BCUT2D eigenvalue weighted by atomic mass is 127. The van der Waals surface area contributed by atoms with E-state index in [2.05, 4.69) is 6.92 Å². The summed E-state index contributed by atoms with van der Waals surface area (Å²) < 4.78 is 0. The van der Waals surface area contributed by atoms with Gasteiger partial charge in [0.15, 0.2) is 0 Å². The SMILES string of the molecule is CCCCCCCCC=CC=O.I. The van der Waals surface area contributed by atoms with Crippen LogP contribution in [-0.2, 0) is 4.79 Å². The molecule has 2 heteroatoms. The molecule has 0 spiro atoms. The second-order valence-electron chi connectivity index (χ2n) is 3.12. The molecule has 0 bridgehead atoms. The summed E-state index contributed by atoms with van der Waals surface area (Å²) in [7, 11) is 0. The molecule has 13 heavy (non-hydrogen) atoms. The molecule has 0 aromatic rings. The van der Waals surface area contributed by atoms with Crippen LogP contribution in [0.2, 0.25) is 0 Å². The van der Waals surface area contributed by atoms with Crippen molar-refractivity contribution < 1.29 is 4.79 Å². The summed E-state index contributed by atoms with van der Waals surface area (Å²) in [5, 5.41) is 0. The molecule has 1 nitrogen and oxygen atoms in total. The molecule has 0 atom stereocenters. The molecular weight excluding hydrogens is 275 g/mol. The molecule has 78 valence electrons. The molecule has 0 radical (unpaired) electrons. The van der Waals surface area contributed by atoms with Gasteiger partial charge in [0, 0.05) is 0 Å². The van der Waals surface area contributed by atoms with Gasteiger partial charge in [-0.05, 0) is 18.9 Å². The Bertz CT molecular complexity index is 121. The van der Waals surface area contributed by atoms with E-state index in [-0.39, 0.29) is 24.0 Å². The molecule has 0 aliphatic rings. The van der Waals surface area contributed by atoms with Crippen molar-refractivity contribution in [3.8, 4) is 0 Å². The number of carbonyl (C=O) groups is 1. The van der Waals surface area contributed by atoms with Gasteiger partial charge < -0.3 is 0 Å². The first-order valence-corrected chi connectivity index (χ1v) is 5.02. The standard InChI is InChI=1S/C11H20O.HI/c1-2-3-4-5-6-7-8-9-10-11-12;/h9-11H,2-8H2,1H3;1H. The van der Waals surface area contributed by atoms with Crippen LogP contribution in [0, 0.1) is 0 Å². The Morgan fingerprint density at radius 3 is 2.23 bits per heavy atom. The molecule has 0 aromatic carbocycles. The molecule has 0 amide bonds. The van der Waals surface area contributed by atoms with Gasteiger partial charge in [-0.15, -0.1) is 24.0 Å². The number of aldehydes is 1. The fourth-order valence-electron chi connectivity index (χ4n) is 1.19. The summed E-state index contributed by atoms with van der Waals surface area (Å²) in [6, 6.07) is 0. The smallest absolute Gasteiger partial charge is 0.142 e. The van der Waals surface area contributed by atoms with E-state index in [9.17, 15) is 4.79 Å². The van der Waals surface area contributed by atoms with E-state index >= 15 is 0 Å². The van der Waals surface area contributed by atoms with Gasteiger partial charge in [-0.25, -0.2) is 0 Å². The van der Waals surface area contributed by atoms with Gasteiger partial charge in [0.25, 0.3) is 0 Å². The summed E-state index contributed by atoms with van der Waals surface area (Å²) in [5.41, 5.74) is 0. The van der Waals surface area contributed by atoms with Crippen LogP contribution in [0.3, 0.4) is 0 Å². The highest BCUT2D eigenvalue weighted by Crippen LogP contribution is 2.06. The number of unbranched alkanes of at least 4 members (excludes halogenated alkanes) is 6. The van der Waals surface area contributed by atoms with Gasteiger partial charge >= 0.3 is 0 Å². The summed E-state index contributed by atoms with van der Waals surface area (Å²) in [4.78, 5) is 9.89.